The van der Waals surface area contributed by atoms with Crippen molar-refractivity contribution in [3.8, 4) is 0 Å². The van der Waals surface area contributed by atoms with Crippen LogP contribution in [0.4, 0.5) is 5.13 Å². The summed E-state index contributed by atoms with van der Waals surface area (Å²) in [6, 6.07) is 0. The van der Waals surface area contributed by atoms with Crippen LogP contribution in [-0.4, -0.2) is 45.3 Å². The highest BCUT2D eigenvalue weighted by Crippen LogP contribution is 2.16. The van der Waals surface area contributed by atoms with Crippen LogP contribution < -0.4 is 5.32 Å². The van der Waals surface area contributed by atoms with E-state index in [-0.39, 0.29) is 24.1 Å². The molecule has 8 heteroatoms. The third-order valence-corrected chi connectivity index (χ3v) is 3.73. The number of rotatable bonds is 5. The number of hydrogen-bond acceptors (Lipinski definition) is 6. The lowest BCUT2D eigenvalue weighted by molar-refractivity contribution is -0.116. The van der Waals surface area contributed by atoms with Crippen LogP contribution in [0.2, 0.25) is 0 Å². The minimum absolute atomic E-state index is 0.0722. The van der Waals surface area contributed by atoms with Crippen molar-refractivity contribution < 1.29 is 9.59 Å². The van der Waals surface area contributed by atoms with E-state index in [9.17, 15) is 9.59 Å². The number of thiazole rings is 1. The largest absolute Gasteiger partial charge is 0.331 e. The normalized spacial score (nSPS) is 10.3. The standard InChI is InChI=1S/C14H17N5O2S/c1-4-10-12(16-6-5-15-10)13(21)19(3)8-11(20)18-14-17-7-9(2)22-14/h5-7H,4,8H2,1-3H3,(H,17,18,20). The molecule has 0 bridgehead atoms. The number of amides is 2. The predicted octanol–water partition coefficient (Wildman–Crippen LogP) is 1.51. The van der Waals surface area contributed by atoms with Gasteiger partial charge in [0.1, 0.15) is 5.69 Å². The van der Waals surface area contributed by atoms with Gasteiger partial charge in [-0.15, -0.1) is 11.3 Å². The lowest BCUT2D eigenvalue weighted by Gasteiger charge is -2.16. The van der Waals surface area contributed by atoms with Crippen LogP contribution in [-0.2, 0) is 11.2 Å². The van der Waals surface area contributed by atoms with Crippen LogP contribution in [0.1, 0.15) is 28.0 Å². The molecule has 0 fully saturated rings. The van der Waals surface area contributed by atoms with Gasteiger partial charge < -0.3 is 10.2 Å². The maximum Gasteiger partial charge on any atom is 0.274 e. The van der Waals surface area contributed by atoms with E-state index in [0.717, 1.165) is 4.88 Å². The van der Waals surface area contributed by atoms with Gasteiger partial charge in [0.25, 0.3) is 5.91 Å². The quantitative estimate of drug-likeness (QED) is 0.902. The molecule has 0 atom stereocenters. The second-order valence-electron chi connectivity index (χ2n) is 4.69. The van der Waals surface area contributed by atoms with Crippen molar-refractivity contribution in [3.05, 3.63) is 34.9 Å². The fraction of sp³-hybridized carbons (Fsp3) is 0.357. The Kier molecular flexibility index (Phi) is 5.16. The summed E-state index contributed by atoms with van der Waals surface area (Å²) in [7, 11) is 1.56. The van der Waals surface area contributed by atoms with Crippen molar-refractivity contribution in [1.82, 2.24) is 19.9 Å². The first kappa shape index (κ1) is 16.0. The van der Waals surface area contributed by atoms with E-state index < -0.39 is 0 Å². The van der Waals surface area contributed by atoms with Crippen molar-refractivity contribution in [2.75, 3.05) is 18.9 Å². The van der Waals surface area contributed by atoms with Gasteiger partial charge in [0.2, 0.25) is 5.91 Å². The first-order valence-electron chi connectivity index (χ1n) is 6.79. The number of carbonyl (C=O) groups is 2. The molecular weight excluding hydrogens is 302 g/mol. The van der Waals surface area contributed by atoms with E-state index in [2.05, 4.69) is 20.3 Å². The van der Waals surface area contributed by atoms with Crippen molar-refractivity contribution in [1.29, 1.82) is 0 Å². The first-order valence-corrected chi connectivity index (χ1v) is 7.60. The minimum atomic E-state index is -0.324. The van der Waals surface area contributed by atoms with Crippen molar-refractivity contribution in [3.63, 3.8) is 0 Å². The monoisotopic (exact) mass is 319 g/mol. The maximum absolute atomic E-state index is 12.3. The summed E-state index contributed by atoms with van der Waals surface area (Å²) in [6.07, 6.45) is 5.31. The average Bonchev–Trinajstić information content (AvgIpc) is 2.91. The SMILES string of the molecule is CCc1nccnc1C(=O)N(C)CC(=O)Nc1ncc(C)s1. The van der Waals surface area contributed by atoms with E-state index >= 15 is 0 Å². The number of aryl methyl sites for hydroxylation is 2. The molecule has 0 radical (unpaired) electrons. The molecule has 116 valence electrons. The molecule has 0 aromatic carbocycles. The van der Waals surface area contributed by atoms with Gasteiger partial charge in [0.05, 0.1) is 12.2 Å². The Hall–Kier alpha value is -2.35. The number of nitrogens with zero attached hydrogens (tertiary/aromatic N) is 4. The van der Waals surface area contributed by atoms with Crippen LogP contribution in [0.3, 0.4) is 0 Å². The Balaban J connectivity index is 2.00. The van der Waals surface area contributed by atoms with Crippen LogP contribution in [0, 0.1) is 6.92 Å². The third kappa shape index (κ3) is 3.85. The average molecular weight is 319 g/mol. The third-order valence-electron chi connectivity index (χ3n) is 2.91. The zero-order chi connectivity index (χ0) is 16.1. The number of carbonyl (C=O) groups excluding carboxylic acids is 2. The second-order valence-corrected chi connectivity index (χ2v) is 5.93. The Morgan fingerprint density at radius 3 is 2.64 bits per heavy atom. The van der Waals surface area contributed by atoms with Gasteiger partial charge in [-0.1, -0.05) is 6.92 Å². The number of nitrogens with one attached hydrogen (secondary N) is 1. The highest BCUT2D eigenvalue weighted by Gasteiger charge is 2.19. The Bertz CT molecular complexity index is 685. The van der Waals surface area contributed by atoms with Gasteiger partial charge >= 0.3 is 0 Å². The number of hydrogen-bond donors (Lipinski definition) is 1. The summed E-state index contributed by atoms with van der Waals surface area (Å²) in [5.74, 6) is -0.623. The van der Waals surface area contributed by atoms with Crippen molar-refractivity contribution in [2.45, 2.75) is 20.3 Å². The lowest BCUT2D eigenvalue weighted by atomic mass is 10.2. The molecule has 2 heterocycles. The summed E-state index contributed by atoms with van der Waals surface area (Å²) in [5, 5.41) is 3.19. The summed E-state index contributed by atoms with van der Waals surface area (Å²) in [6.45, 7) is 3.73. The zero-order valence-electron chi connectivity index (χ0n) is 12.7. The first-order chi connectivity index (χ1) is 10.5. The molecule has 7 nitrogen and oxygen atoms in total. The second kappa shape index (κ2) is 7.08. The topological polar surface area (TPSA) is 88.1 Å². The van der Waals surface area contributed by atoms with Gasteiger partial charge in [0.15, 0.2) is 5.13 Å². The van der Waals surface area contributed by atoms with Gasteiger partial charge in [-0.25, -0.2) is 9.97 Å². The minimum Gasteiger partial charge on any atom is -0.331 e. The van der Waals surface area contributed by atoms with E-state index in [0.29, 0.717) is 17.2 Å². The molecule has 2 rings (SSSR count). The van der Waals surface area contributed by atoms with Gasteiger partial charge in [-0.3, -0.25) is 14.6 Å². The van der Waals surface area contributed by atoms with E-state index in [1.165, 1.54) is 22.4 Å². The van der Waals surface area contributed by atoms with Crippen molar-refractivity contribution >= 4 is 28.3 Å². The number of anilines is 1. The molecule has 0 spiro atoms. The van der Waals surface area contributed by atoms with E-state index in [1.54, 1.807) is 19.4 Å². The van der Waals surface area contributed by atoms with E-state index in [4.69, 9.17) is 0 Å². The Morgan fingerprint density at radius 2 is 2.00 bits per heavy atom. The van der Waals surface area contributed by atoms with Crippen LogP contribution in [0.5, 0.6) is 0 Å². The highest BCUT2D eigenvalue weighted by atomic mass is 32.1. The van der Waals surface area contributed by atoms with Gasteiger partial charge in [-0.05, 0) is 13.3 Å². The molecule has 0 saturated heterocycles. The number of likely N-dealkylation sites (N-methyl/N-ethyl adjacent to an activating group) is 1. The predicted molar refractivity (Wildman–Crippen MR) is 83.9 cm³/mol. The van der Waals surface area contributed by atoms with Gasteiger partial charge in [0, 0.05) is 30.5 Å². The van der Waals surface area contributed by atoms with E-state index in [1.807, 2.05) is 13.8 Å². The summed E-state index contributed by atoms with van der Waals surface area (Å²) in [5.41, 5.74) is 0.903. The fourth-order valence-corrected chi connectivity index (χ4v) is 2.52. The molecule has 0 aliphatic rings. The molecule has 2 amide bonds. The summed E-state index contributed by atoms with van der Waals surface area (Å²) < 4.78 is 0. The molecular formula is C14H17N5O2S. The van der Waals surface area contributed by atoms with Crippen LogP contribution in [0.15, 0.2) is 18.6 Å². The van der Waals surface area contributed by atoms with Crippen LogP contribution in [0.25, 0.3) is 0 Å². The zero-order valence-corrected chi connectivity index (χ0v) is 13.5. The lowest BCUT2D eigenvalue weighted by Crippen LogP contribution is -2.36. The van der Waals surface area contributed by atoms with Crippen LogP contribution >= 0.6 is 11.3 Å². The van der Waals surface area contributed by atoms with Gasteiger partial charge in [-0.2, -0.15) is 0 Å². The fourth-order valence-electron chi connectivity index (χ4n) is 1.84. The molecule has 0 unspecified atom stereocenters. The molecule has 1 N–H and O–H groups in total. The Labute approximate surface area is 132 Å². The summed E-state index contributed by atoms with van der Waals surface area (Å²) >= 11 is 1.39. The molecule has 2 aromatic rings. The Morgan fingerprint density at radius 1 is 1.27 bits per heavy atom. The maximum atomic E-state index is 12.3. The van der Waals surface area contributed by atoms with Crippen molar-refractivity contribution in [2.24, 2.45) is 0 Å². The molecule has 0 saturated carbocycles. The smallest absolute Gasteiger partial charge is 0.274 e. The number of aromatic nitrogens is 3. The highest BCUT2D eigenvalue weighted by molar-refractivity contribution is 7.15. The molecule has 0 aliphatic carbocycles. The summed E-state index contributed by atoms with van der Waals surface area (Å²) in [4.78, 5) is 38.9. The molecule has 2 aromatic heterocycles. The molecule has 22 heavy (non-hydrogen) atoms. The molecule has 0 aliphatic heterocycles.